The molecule has 0 radical (unpaired) electrons. The summed E-state index contributed by atoms with van der Waals surface area (Å²) in [5, 5.41) is 1.75. The van der Waals surface area contributed by atoms with Crippen LogP contribution in [0, 0.1) is 0 Å². The lowest BCUT2D eigenvalue weighted by Gasteiger charge is -2.19. The Morgan fingerprint density at radius 3 is 2.23 bits per heavy atom. The number of benzene rings is 2. The lowest BCUT2D eigenvalue weighted by atomic mass is 10.1. The fourth-order valence-corrected chi connectivity index (χ4v) is 6.55. The number of thiophene rings is 1. The molecule has 164 valence electrons. The Balaban J connectivity index is 1.70. The second-order valence-electron chi connectivity index (χ2n) is 6.68. The molecule has 0 saturated carbocycles. The standard InChI is InChI=1S/C19H16Cl2N2O5S3/c20-14-10-16(17(11-15(14)21)23-31(26,27)19-4-2-8-29-19)22-30(24,25)13-5-6-18-12(9-13)3-1-7-28-18/h2,4-6,8-11,22-23H,1,3,7H2. The van der Waals surface area contributed by atoms with Crippen LogP contribution in [0.1, 0.15) is 12.0 Å². The Morgan fingerprint density at radius 1 is 0.903 bits per heavy atom. The molecular weight excluding hydrogens is 503 g/mol. The van der Waals surface area contributed by atoms with Crippen molar-refractivity contribution in [1.82, 2.24) is 0 Å². The second-order valence-corrected chi connectivity index (χ2v) is 12.0. The van der Waals surface area contributed by atoms with Crippen molar-refractivity contribution in [3.63, 3.8) is 0 Å². The Kier molecular flexibility index (Phi) is 6.10. The Labute approximate surface area is 194 Å². The van der Waals surface area contributed by atoms with Crippen molar-refractivity contribution in [3.8, 4) is 5.75 Å². The molecule has 2 heterocycles. The van der Waals surface area contributed by atoms with E-state index in [-0.39, 0.29) is 30.5 Å². The fraction of sp³-hybridized carbons (Fsp3) is 0.158. The zero-order chi connectivity index (χ0) is 22.2. The molecule has 0 saturated heterocycles. The molecular formula is C19H16Cl2N2O5S3. The van der Waals surface area contributed by atoms with E-state index in [1.165, 1.54) is 24.3 Å². The summed E-state index contributed by atoms with van der Waals surface area (Å²) in [4.78, 5) is 0.0230. The zero-order valence-corrected chi connectivity index (χ0v) is 19.7. The lowest BCUT2D eigenvalue weighted by Crippen LogP contribution is -2.18. The van der Waals surface area contributed by atoms with Gasteiger partial charge in [-0.15, -0.1) is 11.3 Å². The monoisotopic (exact) mass is 518 g/mol. The number of fused-ring (bicyclic) bond motifs is 1. The lowest BCUT2D eigenvalue weighted by molar-refractivity contribution is 0.288. The third-order valence-electron chi connectivity index (χ3n) is 4.50. The van der Waals surface area contributed by atoms with Crippen LogP contribution >= 0.6 is 34.5 Å². The molecule has 7 nitrogen and oxygen atoms in total. The van der Waals surface area contributed by atoms with Crippen molar-refractivity contribution in [3.05, 3.63) is 63.5 Å². The van der Waals surface area contributed by atoms with Gasteiger partial charge < -0.3 is 4.74 Å². The van der Waals surface area contributed by atoms with Crippen LogP contribution in [0.3, 0.4) is 0 Å². The summed E-state index contributed by atoms with van der Waals surface area (Å²) >= 11 is 13.1. The van der Waals surface area contributed by atoms with Crippen LogP contribution in [-0.4, -0.2) is 23.4 Å². The third-order valence-corrected chi connectivity index (χ3v) is 9.35. The van der Waals surface area contributed by atoms with E-state index in [1.807, 2.05) is 0 Å². The number of anilines is 2. The van der Waals surface area contributed by atoms with E-state index >= 15 is 0 Å². The van der Waals surface area contributed by atoms with Crippen LogP contribution in [0.25, 0.3) is 0 Å². The van der Waals surface area contributed by atoms with Gasteiger partial charge in [0.2, 0.25) is 0 Å². The summed E-state index contributed by atoms with van der Waals surface area (Å²) in [5.41, 5.74) is 0.693. The highest BCUT2D eigenvalue weighted by molar-refractivity contribution is 7.94. The fourth-order valence-electron chi connectivity index (χ4n) is 3.03. The van der Waals surface area contributed by atoms with Crippen LogP contribution in [0.4, 0.5) is 11.4 Å². The summed E-state index contributed by atoms with van der Waals surface area (Å²) in [7, 11) is -7.99. The van der Waals surface area contributed by atoms with Gasteiger partial charge in [-0.2, -0.15) is 0 Å². The first-order valence-corrected chi connectivity index (χ1v) is 13.6. The molecule has 0 spiro atoms. The molecule has 1 aliphatic rings. The van der Waals surface area contributed by atoms with E-state index in [2.05, 4.69) is 9.44 Å². The van der Waals surface area contributed by atoms with E-state index in [0.717, 1.165) is 23.3 Å². The number of hydrogen-bond acceptors (Lipinski definition) is 6. The molecule has 0 bridgehead atoms. The average molecular weight is 519 g/mol. The third kappa shape index (κ3) is 4.78. The highest BCUT2D eigenvalue weighted by Gasteiger charge is 2.23. The van der Waals surface area contributed by atoms with E-state index in [4.69, 9.17) is 27.9 Å². The summed E-state index contributed by atoms with van der Waals surface area (Å²) in [6.45, 7) is 0.592. The van der Waals surface area contributed by atoms with E-state index in [1.54, 1.807) is 23.6 Å². The number of sulfonamides is 2. The molecule has 4 rings (SSSR count). The molecule has 12 heteroatoms. The molecule has 0 atom stereocenters. The molecule has 2 aromatic carbocycles. The maximum absolute atomic E-state index is 13.0. The summed E-state index contributed by atoms with van der Waals surface area (Å²) < 4.78 is 61.7. The molecule has 1 aliphatic heterocycles. The molecule has 31 heavy (non-hydrogen) atoms. The average Bonchev–Trinajstić information content (AvgIpc) is 3.27. The topological polar surface area (TPSA) is 102 Å². The van der Waals surface area contributed by atoms with Gasteiger partial charge in [-0.3, -0.25) is 9.44 Å². The molecule has 0 fully saturated rings. The van der Waals surface area contributed by atoms with Crippen molar-refractivity contribution in [1.29, 1.82) is 0 Å². The van der Waals surface area contributed by atoms with Gasteiger partial charge in [-0.25, -0.2) is 16.8 Å². The number of nitrogens with one attached hydrogen (secondary N) is 2. The van der Waals surface area contributed by atoms with Crippen LogP contribution in [0.5, 0.6) is 5.75 Å². The number of ether oxygens (including phenoxy) is 1. The van der Waals surface area contributed by atoms with Gasteiger partial charge in [0.15, 0.2) is 0 Å². The predicted molar refractivity (Wildman–Crippen MR) is 123 cm³/mol. The first-order valence-electron chi connectivity index (χ1n) is 9.00. The Hall–Kier alpha value is -1.98. The van der Waals surface area contributed by atoms with Gasteiger partial charge in [0.25, 0.3) is 20.0 Å². The minimum atomic E-state index is -4.05. The summed E-state index contributed by atoms with van der Waals surface area (Å²) in [6, 6.07) is 10.1. The Bertz CT molecular complexity index is 1340. The molecule has 3 aromatic rings. The van der Waals surface area contributed by atoms with Crippen LogP contribution in [0.15, 0.2) is 56.9 Å². The maximum atomic E-state index is 13.0. The molecule has 2 N–H and O–H groups in total. The first kappa shape index (κ1) is 22.2. The minimum Gasteiger partial charge on any atom is -0.493 e. The van der Waals surface area contributed by atoms with Gasteiger partial charge in [0.05, 0.1) is 32.9 Å². The Morgan fingerprint density at radius 2 is 1.58 bits per heavy atom. The smallest absolute Gasteiger partial charge is 0.271 e. The highest BCUT2D eigenvalue weighted by atomic mass is 35.5. The second kappa shape index (κ2) is 8.51. The van der Waals surface area contributed by atoms with Gasteiger partial charge in [0.1, 0.15) is 9.96 Å². The number of aryl methyl sites for hydroxylation is 1. The van der Waals surface area contributed by atoms with Crippen LogP contribution in [0.2, 0.25) is 10.0 Å². The van der Waals surface area contributed by atoms with E-state index in [0.29, 0.717) is 18.8 Å². The van der Waals surface area contributed by atoms with Crippen molar-refractivity contribution in [2.45, 2.75) is 21.9 Å². The van der Waals surface area contributed by atoms with Crippen molar-refractivity contribution in [2.24, 2.45) is 0 Å². The van der Waals surface area contributed by atoms with Gasteiger partial charge >= 0.3 is 0 Å². The van der Waals surface area contributed by atoms with Crippen molar-refractivity contribution in [2.75, 3.05) is 16.1 Å². The van der Waals surface area contributed by atoms with E-state index in [9.17, 15) is 16.8 Å². The predicted octanol–water partition coefficient (Wildman–Crippen LogP) is 4.98. The van der Waals surface area contributed by atoms with Gasteiger partial charge in [0, 0.05) is 0 Å². The normalized spacial score (nSPS) is 13.9. The molecule has 0 unspecified atom stereocenters. The van der Waals surface area contributed by atoms with Crippen molar-refractivity contribution < 1.29 is 21.6 Å². The molecule has 1 aromatic heterocycles. The number of rotatable bonds is 6. The maximum Gasteiger partial charge on any atom is 0.271 e. The zero-order valence-electron chi connectivity index (χ0n) is 15.8. The van der Waals surface area contributed by atoms with Crippen LogP contribution < -0.4 is 14.2 Å². The van der Waals surface area contributed by atoms with Gasteiger partial charge in [-0.1, -0.05) is 29.3 Å². The number of halogens is 2. The van der Waals surface area contributed by atoms with Crippen molar-refractivity contribution >= 4 is 66.0 Å². The first-order chi connectivity index (χ1) is 14.7. The minimum absolute atomic E-state index is 0.0230. The largest absolute Gasteiger partial charge is 0.493 e. The summed E-state index contributed by atoms with van der Waals surface area (Å²) in [5.74, 6) is 0.657. The molecule has 0 amide bonds. The van der Waals surface area contributed by atoms with Gasteiger partial charge in [-0.05, 0) is 60.2 Å². The number of hydrogen-bond donors (Lipinski definition) is 2. The molecule has 0 aliphatic carbocycles. The quantitative estimate of drug-likeness (QED) is 0.478. The van der Waals surface area contributed by atoms with E-state index < -0.39 is 20.0 Å². The van der Waals surface area contributed by atoms with Crippen LogP contribution in [-0.2, 0) is 26.5 Å². The highest BCUT2D eigenvalue weighted by Crippen LogP contribution is 2.36. The SMILES string of the molecule is O=S(=O)(Nc1cc(Cl)c(Cl)cc1NS(=O)(=O)c1cccs1)c1ccc2c(c1)CCCO2. The summed E-state index contributed by atoms with van der Waals surface area (Å²) in [6.07, 6.45) is 1.50.